The van der Waals surface area contributed by atoms with Gasteiger partial charge in [-0.25, -0.2) is 0 Å². The molecule has 3 atom stereocenters. The molecule has 4 rings (SSSR count). The Bertz CT molecular complexity index is 971. The molecule has 1 aromatic carbocycles. The van der Waals surface area contributed by atoms with Crippen LogP contribution in [0.4, 0.5) is 0 Å². The largest absolute Gasteiger partial charge is 0.481 e. The predicted octanol–water partition coefficient (Wildman–Crippen LogP) is 5.10. The van der Waals surface area contributed by atoms with Crippen molar-refractivity contribution in [1.29, 1.82) is 0 Å². The van der Waals surface area contributed by atoms with E-state index in [-0.39, 0.29) is 24.4 Å². The van der Waals surface area contributed by atoms with Crippen LogP contribution in [-0.2, 0) is 15.3 Å². The van der Waals surface area contributed by atoms with Crippen molar-refractivity contribution in [2.75, 3.05) is 6.54 Å². The van der Waals surface area contributed by atoms with Gasteiger partial charge in [-0.05, 0) is 61.4 Å². The number of aromatic nitrogens is 1. The molecule has 176 valence electrons. The fourth-order valence-electron chi connectivity index (χ4n) is 4.77. The third kappa shape index (κ3) is 5.89. The van der Waals surface area contributed by atoms with E-state index in [1.165, 1.54) is 0 Å². The lowest BCUT2D eigenvalue weighted by Gasteiger charge is -2.48. The second kappa shape index (κ2) is 10.5. The molecule has 1 aliphatic carbocycles. The zero-order chi connectivity index (χ0) is 23.4. The lowest BCUT2D eigenvalue weighted by Crippen LogP contribution is -2.56. The predicted molar refractivity (Wildman–Crippen MR) is 131 cm³/mol. The van der Waals surface area contributed by atoms with Gasteiger partial charge in [0.15, 0.2) is 0 Å². The van der Waals surface area contributed by atoms with Crippen LogP contribution in [0.25, 0.3) is 0 Å². The third-order valence-electron chi connectivity index (χ3n) is 6.72. The number of carboxylic acid groups (broad SMARTS) is 1. The van der Waals surface area contributed by atoms with Crippen LogP contribution in [0.1, 0.15) is 56.3 Å². The van der Waals surface area contributed by atoms with Gasteiger partial charge < -0.3 is 10.0 Å². The number of nitrogens with one attached hydrogen (secondary N) is 1. The second-order valence-corrected chi connectivity index (χ2v) is 10.6. The summed E-state index contributed by atoms with van der Waals surface area (Å²) in [5.74, 6) is 0.190. The molecule has 33 heavy (non-hydrogen) atoms. The molecule has 1 amide bonds. The van der Waals surface area contributed by atoms with E-state index in [9.17, 15) is 14.7 Å². The zero-order valence-corrected chi connectivity index (χ0v) is 20.3. The maximum Gasteiger partial charge on any atom is 0.304 e. The number of likely N-dealkylation sites (tertiary alicyclic amines) is 1. The third-order valence-corrected chi connectivity index (χ3v) is 7.78. The minimum atomic E-state index is -0.928. The Morgan fingerprint density at radius 3 is 2.67 bits per heavy atom. The number of carbonyl (C=O) groups is 2. The molecule has 0 spiro atoms. The Morgan fingerprint density at radius 1 is 1.27 bits per heavy atom. The average molecular weight is 488 g/mol. The lowest BCUT2D eigenvalue weighted by atomic mass is 9.74. The molecule has 6 nitrogen and oxygen atoms in total. The van der Waals surface area contributed by atoms with Crippen molar-refractivity contribution >= 4 is 35.4 Å². The molecule has 1 saturated carbocycles. The number of piperidine rings is 1. The van der Waals surface area contributed by atoms with Crippen LogP contribution in [0.2, 0.25) is 5.02 Å². The standard InChI is InChI=1S/C25H30ClN3O3S/c1-25(14-23(30)31)12-11-21(17-7-9-19(26)10-8-17)29(24(25)32)22(18-5-6-18)15-28-33-16-20-4-2-3-13-27-20/h2-4,7-10,13,18,21-22,28H,5-6,11-12,14-16H2,1H3,(H,30,31)/t21?,22?,25-/m1/s1. The fraction of sp³-hybridized carbons (Fsp3) is 0.480. The van der Waals surface area contributed by atoms with Crippen molar-refractivity contribution in [2.24, 2.45) is 11.3 Å². The van der Waals surface area contributed by atoms with Gasteiger partial charge in [0.25, 0.3) is 0 Å². The smallest absolute Gasteiger partial charge is 0.304 e. The summed E-state index contributed by atoms with van der Waals surface area (Å²) in [6.45, 7) is 2.46. The summed E-state index contributed by atoms with van der Waals surface area (Å²) in [4.78, 5) is 31.8. The van der Waals surface area contributed by atoms with Crippen LogP contribution in [0, 0.1) is 11.3 Å². The number of nitrogens with zero attached hydrogens (tertiary/aromatic N) is 2. The van der Waals surface area contributed by atoms with Crippen molar-refractivity contribution in [3.8, 4) is 0 Å². The number of carboxylic acids is 1. The highest BCUT2D eigenvalue weighted by atomic mass is 35.5. The highest BCUT2D eigenvalue weighted by molar-refractivity contribution is 7.96. The van der Waals surface area contributed by atoms with Crippen LogP contribution in [-0.4, -0.2) is 39.5 Å². The Labute approximate surface area is 204 Å². The first-order chi connectivity index (χ1) is 15.9. The molecule has 1 aliphatic heterocycles. The van der Waals surface area contributed by atoms with Gasteiger partial charge in [-0.2, -0.15) is 0 Å². The molecular weight excluding hydrogens is 458 g/mol. The first-order valence-corrected chi connectivity index (χ1v) is 12.8. The van der Waals surface area contributed by atoms with Gasteiger partial charge in [0, 0.05) is 23.8 Å². The van der Waals surface area contributed by atoms with Crippen molar-refractivity contribution in [2.45, 2.75) is 56.9 Å². The monoisotopic (exact) mass is 487 g/mol. The molecule has 8 heteroatoms. The molecule has 2 unspecified atom stereocenters. The number of halogens is 1. The van der Waals surface area contributed by atoms with E-state index >= 15 is 0 Å². The number of benzene rings is 1. The molecule has 2 aromatic rings. The van der Waals surface area contributed by atoms with E-state index in [1.807, 2.05) is 54.3 Å². The Hall–Kier alpha value is -2.09. The molecule has 2 heterocycles. The highest BCUT2D eigenvalue weighted by Gasteiger charge is 2.50. The Morgan fingerprint density at radius 2 is 2.03 bits per heavy atom. The Balaban J connectivity index is 1.54. The molecule has 1 saturated heterocycles. The van der Waals surface area contributed by atoms with Gasteiger partial charge in [0.2, 0.25) is 5.91 Å². The van der Waals surface area contributed by atoms with E-state index in [4.69, 9.17) is 11.6 Å². The summed E-state index contributed by atoms with van der Waals surface area (Å²) in [6.07, 6.45) is 5.11. The minimum absolute atomic E-state index is 0.0165. The number of carbonyl (C=O) groups excluding carboxylic acids is 1. The van der Waals surface area contributed by atoms with Gasteiger partial charge in [-0.15, -0.1) is 0 Å². The average Bonchev–Trinajstić information content (AvgIpc) is 3.63. The zero-order valence-electron chi connectivity index (χ0n) is 18.7. The normalized spacial score (nSPS) is 24.0. The summed E-state index contributed by atoms with van der Waals surface area (Å²) >= 11 is 7.71. The quantitative estimate of drug-likeness (QED) is 0.358. The van der Waals surface area contributed by atoms with Crippen LogP contribution in [0.5, 0.6) is 0 Å². The summed E-state index contributed by atoms with van der Waals surface area (Å²) in [5.41, 5.74) is 1.17. The molecule has 1 aromatic heterocycles. The van der Waals surface area contributed by atoms with Crippen LogP contribution in [0.3, 0.4) is 0 Å². The number of hydrogen-bond donors (Lipinski definition) is 2. The van der Waals surface area contributed by atoms with Gasteiger partial charge in [0.1, 0.15) is 0 Å². The van der Waals surface area contributed by atoms with Crippen LogP contribution >= 0.6 is 23.5 Å². The number of amides is 1. The van der Waals surface area contributed by atoms with Crippen LogP contribution < -0.4 is 4.72 Å². The molecule has 0 radical (unpaired) electrons. The molecular formula is C25H30ClN3O3S. The summed E-state index contributed by atoms with van der Waals surface area (Å²) in [6, 6.07) is 13.5. The van der Waals surface area contributed by atoms with Crippen LogP contribution in [0.15, 0.2) is 48.7 Å². The van der Waals surface area contributed by atoms with E-state index in [2.05, 4.69) is 9.71 Å². The SMILES string of the molecule is C[C@]1(CC(=O)O)CCC(c2ccc(Cl)cc2)N(C(CNSCc2ccccn2)C2CC2)C1=O. The van der Waals surface area contributed by atoms with Gasteiger partial charge in [-0.1, -0.05) is 48.7 Å². The maximum absolute atomic E-state index is 13.9. The van der Waals surface area contributed by atoms with E-state index < -0.39 is 11.4 Å². The van der Waals surface area contributed by atoms with Crippen molar-refractivity contribution < 1.29 is 14.7 Å². The van der Waals surface area contributed by atoms with Crippen molar-refractivity contribution in [3.63, 3.8) is 0 Å². The van der Waals surface area contributed by atoms with E-state index in [1.54, 1.807) is 18.1 Å². The van der Waals surface area contributed by atoms with Gasteiger partial charge >= 0.3 is 5.97 Å². The van der Waals surface area contributed by atoms with Gasteiger partial charge in [0.05, 0.1) is 29.3 Å². The number of pyridine rings is 1. The maximum atomic E-state index is 13.9. The summed E-state index contributed by atoms with van der Waals surface area (Å²) in [7, 11) is 0. The second-order valence-electron chi connectivity index (χ2n) is 9.31. The van der Waals surface area contributed by atoms with E-state index in [0.29, 0.717) is 23.9 Å². The topological polar surface area (TPSA) is 82.5 Å². The first-order valence-electron chi connectivity index (χ1n) is 11.4. The molecule has 2 aliphatic rings. The summed E-state index contributed by atoms with van der Waals surface area (Å²) < 4.78 is 3.47. The summed E-state index contributed by atoms with van der Waals surface area (Å²) in [5, 5.41) is 10.1. The molecule has 2 N–H and O–H groups in total. The highest BCUT2D eigenvalue weighted by Crippen LogP contribution is 2.47. The Kier molecular flexibility index (Phi) is 7.62. The molecule has 0 bridgehead atoms. The number of aliphatic carboxylic acids is 1. The lowest BCUT2D eigenvalue weighted by molar-refractivity contribution is -0.159. The minimum Gasteiger partial charge on any atom is -0.481 e. The van der Waals surface area contributed by atoms with Crippen molar-refractivity contribution in [3.05, 3.63) is 64.9 Å². The molecule has 2 fully saturated rings. The number of rotatable bonds is 10. The fourth-order valence-corrected chi connectivity index (χ4v) is 5.61. The number of hydrogen-bond acceptors (Lipinski definition) is 5. The van der Waals surface area contributed by atoms with E-state index in [0.717, 1.165) is 36.3 Å². The van der Waals surface area contributed by atoms with Crippen molar-refractivity contribution in [1.82, 2.24) is 14.6 Å². The van der Waals surface area contributed by atoms with Gasteiger partial charge in [-0.3, -0.25) is 19.3 Å². The first kappa shape index (κ1) is 24.0.